The zero-order valence-electron chi connectivity index (χ0n) is 19.4. The van der Waals surface area contributed by atoms with Crippen LogP contribution < -0.4 is 4.74 Å². The zero-order chi connectivity index (χ0) is 25.0. The highest BCUT2D eigenvalue weighted by molar-refractivity contribution is 5.64. The minimum Gasteiger partial charge on any atom is -0.429 e. The van der Waals surface area contributed by atoms with E-state index in [2.05, 4.69) is 16.9 Å². The quantitative estimate of drug-likeness (QED) is 0.234. The number of alkyl halides is 2. The van der Waals surface area contributed by atoms with Crippen LogP contribution in [0.5, 0.6) is 5.75 Å². The lowest BCUT2D eigenvalue weighted by Gasteiger charge is -2.28. The van der Waals surface area contributed by atoms with Gasteiger partial charge in [0.05, 0.1) is 5.56 Å². The van der Waals surface area contributed by atoms with Crippen LogP contribution in [0.15, 0.2) is 60.7 Å². The number of benzene rings is 3. The van der Waals surface area contributed by atoms with E-state index in [1.165, 1.54) is 29.8 Å². The minimum atomic E-state index is -3.86. The van der Waals surface area contributed by atoms with Crippen LogP contribution in [0.3, 0.4) is 0 Å². The molecule has 0 radical (unpaired) electrons. The highest BCUT2D eigenvalue weighted by Crippen LogP contribution is 2.37. The molecule has 1 fully saturated rings. The maximum Gasteiger partial charge on any atom is 0.426 e. The van der Waals surface area contributed by atoms with Crippen LogP contribution in [0, 0.1) is 23.4 Å². The van der Waals surface area contributed by atoms with Crippen LogP contribution in [0.1, 0.15) is 49.7 Å². The van der Waals surface area contributed by atoms with Crippen LogP contribution in [-0.2, 0) is 10.8 Å². The summed E-state index contributed by atoms with van der Waals surface area (Å²) in [5, 5.41) is 0. The van der Waals surface area contributed by atoms with Gasteiger partial charge in [-0.3, -0.25) is 0 Å². The molecule has 2 nitrogen and oxygen atoms in total. The van der Waals surface area contributed by atoms with E-state index in [9.17, 15) is 22.0 Å². The summed E-state index contributed by atoms with van der Waals surface area (Å²) in [6, 6.07) is 14.4. The van der Waals surface area contributed by atoms with Gasteiger partial charge in [-0.1, -0.05) is 36.4 Å². The molecule has 0 heterocycles. The van der Waals surface area contributed by atoms with Gasteiger partial charge in [-0.2, -0.15) is 8.78 Å². The van der Waals surface area contributed by atoms with E-state index in [1.807, 2.05) is 19.1 Å². The average molecular weight is 491 g/mol. The molecule has 1 saturated carbocycles. The largest absolute Gasteiger partial charge is 0.429 e. The molecular formula is C28H27F5O2. The summed E-state index contributed by atoms with van der Waals surface area (Å²) in [6.07, 6.45) is 0.703. The first-order valence-corrected chi connectivity index (χ1v) is 11.8. The van der Waals surface area contributed by atoms with Gasteiger partial charge in [0.2, 0.25) is 0 Å². The molecule has 0 aromatic heterocycles. The van der Waals surface area contributed by atoms with Crippen molar-refractivity contribution in [2.75, 3.05) is 13.2 Å². The second kappa shape index (κ2) is 10.8. The SMILES string of the molecule is CCOCC1CCC(c2ccc(-c3ccc(C(F)(F)Oc4cc(F)c(F)c(F)c4)cc3)cc2)CC1. The van der Waals surface area contributed by atoms with Crippen molar-refractivity contribution in [1.82, 2.24) is 0 Å². The highest BCUT2D eigenvalue weighted by Gasteiger charge is 2.35. The van der Waals surface area contributed by atoms with Crippen LogP contribution in [-0.4, -0.2) is 13.2 Å². The smallest absolute Gasteiger partial charge is 0.426 e. The summed E-state index contributed by atoms with van der Waals surface area (Å²) in [5.41, 5.74) is 2.42. The molecule has 0 unspecified atom stereocenters. The standard InChI is InChI=1S/C28H27F5O2/c1-2-34-17-18-3-5-19(6-4-18)20-7-9-21(10-8-20)22-11-13-23(14-12-22)28(32,33)35-24-15-25(29)27(31)26(30)16-24/h7-16,18-19H,2-6,17H2,1H3. The van der Waals surface area contributed by atoms with Gasteiger partial charge in [-0.25, -0.2) is 13.2 Å². The summed E-state index contributed by atoms with van der Waals surface area (Å²) in [4.78, 5) is 0. The molecule has 1 aliphatic carbocycles. The van der Waals surface area contributed by atoms with E-state index in [4.69, 9.17) is 4.74 Å². The van der Waals surface area contributed by atoms with Crippen LogP contribution in [0.4, 0.5) is 22.0 Å². The number of rotatable bonds is 8. The average Bonchev–Trinajstić information content (AvgIpc) is 2.86. The second-order valence-corrected chi connectivity index (χ2v) is 8.90. The van der Waals surface area contributed by atoms with Gasteiger partial charge in [-0.15, -0.1) is 0 Å². The van der Waals surface area contributed by atoms with Gasteiger partial charge in [0, 0.05) is 25.3 Å². The van der Waals surface area contributed by atoms with Crippen LogP contribution >= 0.6 is 0 Å². The van der Waals surface area contributed by atoms with Crippen molar-refractivity contribution >= 4 is 0 Å². The van der Waals surface area contributed by atoms with E-state index in [1.54, 1.807) is 0 Å². The Hall–Kier alpha value is -2.93. The fourth-order valence-electron chi connectivity index (χ4n) is 4.55. The number of hydrogen-bond acceptors (Lipinski definition) is 2. The maximum atomic E-state index is 14.5. The summed E-state index contributed by atoms with van der Waals surface area (Å²) >= 11 is 0. The summed E-state index contributed by atoms with van der Waals surface area (Å²) in [6.45, 7) is 3.60. The van der Waals surface area contributed by atoms with Crippen molar-refractivity contribution in [2.45, 2.75) is 44.6 Å². The second-order valence-electron chi connectivity index (χ2n) is 8.90. The topological polar surface area (TPSA) is 18.5 Å². The summed E-state index contributed by atoms with van der Waals surface area (Å²) in [7, 11) is 0. The maximum absolute atomic E-state index is 14.5. The van der Waals surface area contributed by atoms with Crippen molar-refractivity contribution in [3.63, 3.8) is 0 Å². The first kappa shape index (κ1) is 25.2. The molecule has 0 amide bonds. The molecule has 186 valence electrons. The number of ether oxygens (including phenoxy) is 2. The third-order valence-electron chi connectivity index (χ3n) is 6.54. The molecule has 0 saturated heterocycles. The molecule has 0 atom stereocenters. The Balaban J connectivity index is 1.40. The normalized spacial score (nSPS) is 18.5. The predicted octanol–water partition coefficient (Wildman–Crippen LogP) is 8.21. The van der Waals surface area contributed by atoms with Gasteiger partial charge < -0.3 is 9.47 Å². The molecule has 35 heavy (non-hydrogen) atoms. The molecule has 7 heteroatoms. The first-order chi connectivity index (χ1) is 16.8. The van der Waals surface area contributed by atoms with Crippen molar-refractivity contribution in [3.05, 3.63) is 89.2 Å². The number of halogens is 5. The van der Waals surface area contributed by atoms with Gasteiger partial charge in [0.25, 0.3) is 0 Å². The summed E-state index contributed by atoms with van der Waals surface area (Å²) in [5.74, 6) is -4.61. The lowest BCUT2D eigenvalue weighted by molar-refractivity contribution is -0.185. The third kappa shape index (κ3) is 6.01. The Bertz CT molecular complexity index is 1100. The molecule has 4 rings (SSSR count). The van der Waals surface area contributed by atoms with Crippen LogP contribution in [0.25, 0.3) is 11.1 Å². The van der Waals surface area contributed by atoms with Crippen molar-refractivity contribution in [2.24, 2.45) is 5.92 Å². The fraction of sp³-hybridized carbons (Fsp3) is 0.357. The lowest BCUT2D eigenvalue weighted by atomic mass is 9.79. The Morgan fingerprint density at radius 2 is 1.34 bits per heavy atom. The Labute approximate surface area is 201 Å². The fourth-order valence-corrected chi connectivity index (χ4v) is 4.55. The predicted molar refractivity (Wildman–Crippen MR) is 124 cm³/mol. The Morgan fingerprint density at radius 3 is 1.89 bits per heavy atom. The molecule has 0 bridgehead atoms. The van der Waals surface area contributed by atoms with Gasteiger partial charge in [-0.05, 0) is 73.3 Å². The van der Waals surface area contributed by atoms with E-state index >= 15 is 0 Å². The van der Waals surface area contributed by atoms with Crippen LogP contribution in [0.2, 0.25) is 0 Å². The minimum absolute atomic E-state index is 0.383. The molecule has 0 N–H and O–H groups in total. The first-order valence-electron chi connectivity index (χ1n) is 11.8. The molecule has 3 aromatic carbocycles. The van der Waals surface area contributed by atoms with E-state index in [0.717, 1.165) is 50.0 Å². The summed E-state index contributed by atoms with van der Waals surface area (Å²) < 4.78 is 78.8. The van der Waals surface area contributed by atoms with Crippen molar-refractivity contribution in [3.8, 4) is 16.9 Å². The number of hydrogen-bond donors (Lipinski definition) is 0. The zero-order valence-corrected chi connectivity index (χ0v) is 19.4. The van der Waals surface area contributed by atoms with E-state index < -0.39 is 34.9 Å². The molecule has 0 aliphatic heterocycles. The van der Waals surface area contributed by atoms with E-state index in [0.29, 0.717) is 24.0 Å². The molecule has 3 aromatic rings. The van der Waals surface area contributed by atoms with Crippen molar-refractivity contribution in [1.29, 1.82) is 0 Å². The Kier molecular flexibility index (Phi) is 7.75. The molecular weight excluding hydrogens is 463 g/mol. The molecule has 1 aliphatic rings. The van der Waals surface area contributed by atoms with Crippen molar-refractivity contribution < 1.29 is 31.4 Å². The van der Waals surface area contributed by atoms with E-state index in [-0.39, 0.29) is 0 Å². The van der Waals surface area contributed by atoms with Gasteiger partial charge in [0.15, 0.2) is 17.5 Å². The highest BCUT2D eigenvalue weighted by atomic mass is 19.3. The van der Waals surface area contributed by atoms with Gasteiger partial charge in [0.1, 0.15) is 5.75 Å². The third-order valence-corrected chi connectivity index (χ3v) is 6.54. The monoisotopic (exact) mass is 490 g/mol. The van der Waals surface area contributed by atoms with Gasteiger partial charge >= 0.3 is 6.11 Å². The molecule has 0 spiro atoms. The Morgan fingerprint density at radius 1 is 0.800 bits per heavy atom. The lowest BCUT2D eigenvalue weighted by Crippen LogP contribution is -2.22.